The molecule has 1 N–H and O–H groups in total. The van der Waals surface area contributed by atoms with Gasteiger partial charge in [-0.2, -0.15) is 0 Å². The molecule has 8 heteroatoms. The SMILES string of the molecule is COCCn1c(C)cc(O)c([C@H](c2ccccc2OC)N2CCN(c3ccc(F)cc3)CC2)c1=O. The van der Waals surface area contributed by atoms with Crippen molar-refractivity contribution in [3.8, 4) is 11.5 Å². The lowest BCUT2D eigenvalue weighted by Gasteiger charge is -2.40. The van der Waals surface area contributed by atoms with Gasteiger partial charge in [-0.1, -0.05) is 18.2 Å². The van der Waals surface area contributed by atoms with Gasteiger partial charge in [-0.3, -0.25) is 9.69 Å². The highest BCUT2D eigenvalue weighted by Crippen LogP contribution is 2.38. The van der Waals surface area contributed by atoms with Crippen LogP contribution in [-0.2, 0) is 11.3 Å². The topological polar surface area (TPSA) is 67.2 Å². The van der Waals surface area contributed by atoms with Crippen LogP contribution >= 0.6 is 0 Å². The van der Waals surface area contributed by atoms with E-state index in [1.54, 1.807) is 43.9 Å². The largest absolute Gasteiger partial charge is 0.507 e. The zero-order valence-electron chi connectivity index (χ0n) is 20.4. The Kier molecular flexibility index (Phi) is 7.73. The Bertz CT molecular complexity index is 1200. The third-order valence-corrected chi connectivity index (χ3v) is 6.62. The maximum atomic E-state index is 13.7. The Morgan fingerprint density at radius 1 is 1.03 bits per heavy atom. The summed E-state index contributed by atoms with van der Waals surface area (Å²) in [4.78, 5) is 18.1. The number of hydrogen-bond donors (Lipinski definition) is 1. The lowest BCUT2D eigenvalue weighted by molar-refractivity contribution is 0.183. The second-order valence-corrected chi connectivity index (χ2v) is 8.68. The fraction of sp³-hybridized carbons (Fsp3) is 0.370. The number of para-hydroxylation sites is 1. The fourth-order valence-corrected chi connectivity index (χ4v) is 4.80. The Hall–Kier alpha value is -3.36. The van der Waals surface area contributed by atoms with Gasteiger partial charge in [-0.15, -0.1) is 0 Å². The van der Waals surface area contributed by atoms with Crippen LogP contribution < -0.4 is 15.2 Å². The first kappa shape index (κ1) is 24.8. The zero-order valence-corrected chi connectivity index (χ0v) is 20.4. The number of benzene rings is 2. The molecule has 0 spiro atoms. The highest BCUT2D eigenvalue weighted by atomic mass is 19.1. The van der Waals surface area contributed by atoms with Gasteiger partial charge in [-0.05, 0) is 43.3 Å². The molecule has 1 saturated heterocycles. The van der Waals surface area contributed by atoms with Crippen molar-refractivity contribution in [3.63, 3.8) is 0 Å². The third-order valence-electron chi connectivity index (χ3n) is 6.62. The predicted octanol–water partition coefficient (Wildman–Crippen LogP) is 3.57. The van der Waals surface area contributed by atoms with E-state index >= 15 is 0 Å². The van der Waals surface area contributed by atoms with Crippen LogP contribution in [0, 0.1) is 12.7 Å². The van der Waals surface area contributed by atoms with Crippen LogP contribution in [0.3, 0.4) is 0 Å². The molecule has 0 radical (unpaired) electrons. The minimum Gasteiger partial charge on any atom is -0.507 e. The first-order chi connectivity index (χ1) is 16.9. The van der Waals surface area contributed by atoms with E-state index in [2.05, 4.69) is 9.80 Å². The van der Waals surface area contributed by atoms with Crippen LogP contribution in [0.25, 0.3) is 0 Å². The van der Waals surface area contributed by atoms with Crippen molar-refractivity contribution in [2.75, 3.05) is 51.9 Å². The quantitative estimate of drug-likeness (QED) is 0.531. The summed E-state index contributed by atoms with van der Waals surface area (Å²) in [7, 11) is 3.20. The maximum Gasteiger partial charge on any atom is 0.259 e. The highest BCUT2D eigenvalue weighted by molar-refractivity contribution is 5.48. The second-order valence-electron chi connectivity index (χ2n) is 8.68. The Morgan fingerprint density at radius 2 is 1.71 bits per heavy atom. The summed E-state index contributed by atoms with van der Waals surface area (Å²) in [5.41, 5.74) is 2.54. The number of piperazine rings is 1. The molecule has 35 heavy (non-hydrogen) atoms. The smallest absolute Gasteiger partial charge is 0.259 e. The normalized spacial score (nSPS) is 15.3. The molecule has 0 bridgehead atoms. The Balaban J connectivity index is 1.74. The fourth-order valence-electron chi connectivity index (χ4n) is 4.80. The van der Waals surface area contributed by atoms with Crippen LogP contribution in [-0.4, -0.2) is 61.6 Å². The minimum atomic E-state index is -0.497. The number of aromatic nitrogens is 1. The van der Waals surface area contributed by atoms with Crippen molar-refractivity contribution in [2.24, 2.45) is 0 Å². The first-order valence-corrected chi connectivity index (χ1v) is 11.7. The van der Waals surface area contributed by atoms with E-state index in [0.717, 1.165) is 11.3 Å². The van der Waals surface area contributed by atoms with Crippen LogP contribution in [0.4, 0.5) is 10.1 Å². The highest BCUT2D eigenvalue weighted by Gasteiger charge is 2.33. The van der Waals surface area contributed by atoms with Crippen molar-refractivity contribution in [1.29, 1.82) is 0 Å². The summed E-state index contributed by atoms with van der Waals surface area (Å²) in [5, 5.41) is 11.0. The van der Waals surface area contributed by atoms with Crippen molar-refractivity contribution in [1.82, 2.24) is 9.47 Å². The molecule has 0 amide bonds. The van der Waals surface area contributed by atoms with E-state index in [9.17, 15) is 14.3 Å². The average Bonchev–Trinajstić information content (AvgIpc) is 2.87. The van der Waals surface area contributed by atoms with Gasteiger partial charge in [0, 0.05) is 56.8 Å². The molecule has 1 aliphatic rings. The monoisotopic (exact) mass is 481 g/mol. The van der Waals surface area contributed by atoms with E-state index in [0.29, 0.717) is 56.3 Å². The molecular formula is C27H32FN3O4. The number of anilines is 1. The summed E-state index contributed by atoms with van der Waals surface area (Å²) in [5.74, 6) is 0.363. The van der Waals surface area contributed by atoms with E-state index in [4.69, 9.17) is 9.47 Å². The maximum absolute atomic E-state index is 13.7. The van der Waals surface area contributed by atoms with Gasteiger partial charge in [0.25, 0.3) is 5.56 Å². The molecule has 4 rings (SSSR count). The molecule has 0 saturated carbocycles. The molecule has 3 aromatic rings. The van der Waals surface area contributed by atoms with Gasteiger partial charge >= 0.3 is 0 Å². The molecule has 0 unspecified atom stereocenters. The summed E-state index contributed by atoms with van der Waals surface area (Å²) < 4.78 is 25.9. The zero-order chi connectivity index (χ0) is 24.9. The Morgan fingerprint density at radius 3 is 2.37 bits per heavy atom. The predicted molar refractivity (Wildman–Crippen MR) is 134 cm³/mol. The van der Waals surface area contributed by atoms with Gasteiger partial charge in [0.15, 0.2) is 0 Å². The molecule has 0 aliphatic carbocycles. The van der Waals surface area contributed by atoms with Crippen LogP contribution in [0.15, 0.2) is 59.4 Å². The lowest BCUT2D eigenvalue weighted by Crippen LogP contribution is -2.49. The van der Waals surface area contributed by atoms with Crippen molar-refractivity contribution in [2.45, 2.75) is 19.5 Å². The van der Waals surface area contributed by atoms with Gasteiger partial charge < -0.3 is 24.0 Å². The van der Waals surface area contributed by atoms with Gasteiger partial charge in [0.05, 0.1) is 25.3 Å². The molecule has 1 aliphatic heterocycles. The lowest BCUT2D eigenvalue weighted by atomic mass is 9.95. The number of halogens is 1. The van der Waals surface area contributed by atoms with Gasteiger partial charge in [-0.25, -0.2) is 4.39 Å². The minimum absolute atomic E-state index is 0.0296. The van der Waals surface area contributed by atoms with Crippen LogP contribution in [0.5, 0.6) is 11.5 Å². The van der Waals surface area contributed by atoms with E-state index in [1.165, 1.54) is 12.1 Å². The number of aryl methyl sites for hydroxylation is 1. The van der Waals surface area contributed by atoms with E-state index in [1.807, 2.05) is 24.3 Å². The van der Waals surface area contributed by atoms with Crippen LogP contribution in [0.2, 0.25) is 0 Å². The summed E-state index contributed by atoms with van der Waals surface area (Å²) in [6, 6.07) is 15.2. The number of nitrogens with zero attached hydrogens (tertiary/aromatic N) is 3. The molecule has 1 fully saturated rings. The number of hydrogen-bond acceptors (Lipinski definition) is 6. The van der Waals surface area contributed by atoms with Gasteiger partial charge in [0.2, 0.25) is 0 Å². The van der Waals surface area contributed by atoms with Crippen molar-refractivity contribution in [3.05, 3.63) is 87.6 Å². The second kappa shape index (κ2) is 10.9. The molecule has 2 aromatic carbocycles. The van der Waals surface area contributed by atoms with E-state index in [-0.39, 0.29) is 17.1 Å². The standard InChI is InChI=1S/C27H32FN3O4/c1-19-18-23(32)25(27(33)31(19)16-17-34-2)26(22-6-4-5-7-24(22)35-3)30-14-12-29(13-15-30)21-10-8-20(28)9-11-21/h4-11,18,26,32H,12-17H2,1-3H3/t26-/m0/s1. The summed E-state index contributed by atoms with van der Waals surface area (Å²) >= 11 is 0. The molecule has 2 heterocycles. The number of rotatable bonds is 8. The molecule has 186 valence electrons. The molecule has 1 atom stereocenters. The average molecular weight is 482 g/mol. The Labute approximate surface area is 204 Å². The van der Waals surface area contributed by atoms with E-state index < -0.39 is 6.04 Å². The van der Waals surface area contributed by atoms with Crippen molar-refractivity contribution < 1.29 is 19.0 Å². The summed E-state index contributed by atoms with van der Waals surface area (Å²) in [6.07, 6.45) is 0. The number of ether oxygens (including phenoxy) is 2. The first-order valence-electron chi connectivity index (χ1n) is 11.7. The van der Waals surface area contributed by atoms with Crippen molar-refractivity contribution >= 4 is 5.69 Å². The summed E-state index contributed by atoms with van der Waals surface area (Å²) in [6.45, 7) is 5.27. The van der Waals surface area contributed by atoms with Crippen LogP contribution in [0.1, 0.15) is 22.9 Å². The number of pyridine rings is 1. The van der Waals surface area contributed by atoms with Gasteiger partial charge in [0.1, 0.15) is 17.3 Å². The molecule has 1 aromatic heterocycles. The number of methoxy groups -OCH3 is 2. The molecule has 7 nitrogen and oxygen atoms in total. The molecular weight excluding hydrogens is 449 g/mol. The number of aromatic hydroxyl groups is 1. The third kappa shape index (κ3) is 5.18.